The van der Waals surface area contributed by atoms with E-state index in [1.807, 2.05) is 29.8 Å². The zero-order chi connectivity index (χ0) is 11.4. The summed E-state index contributed by atoms with van der Waals surface area (Å²) in [6.45, 7) is 3.75. The summed E-state index contributed by atoms with van der Waals surface area (Å²) in [5.74, 6) is 0. The van der Waals surface area contributed by atoms with E-state index in [1.165, 1.54) is 5.56 Å². The summed E-state index contributed by atoms with van der Waals surface area (Å²) in [5, 5.41) is 3.30. The van der Waals surface area contributed by atoms with Crippen LogP contribution in [0.4, 0.5) is 11.4 Å². The third kappa shape index (κ3) is 2.53. The summed E-state index contributed by atoms with van der Waals surface area (Å²) in [7, 11) is 0. The van der Waals surface area contributed by atoms with Crippen LogP contribution in [0.2, 0.25) is 0 Å². The number of rotatable bonds is 4. The predicted molar refractivity (Wildman–Crippen MR) is 66.3 cm³/mol. The zero-order valence-electron chi connectivity index (χ0n) is 9.35. The topological polar surface area (TPSA) is 55.9 Å². The number of nitrogen functional groups attached to an aromatic ring is 1. The Labute approximate surface area is 95.1 Å². The average molecular weight is 216 g/mol. The first-order valence-electron chi connectivity index (χ1n) is 5.31. The maximum absolute atomic E-state index is 5.90. The van der Waals surface area contributed by atoms with Gasteiger partial charge in [-0.2, -0.15) is 0 Å². The number of nitrogens with two attached hydrogens (primary N) is 1. The first kappa shape index (κ1) is 10.5. The molecule has 0 radical (unpaired) electrons. The molecule has 2 aromatic rings. The molecule has 2 rings (SSSR count). The quantitative estimate of drug-likeness (QED) is 0.767. The molecule has 0 aliphatic carbocycles. The Kier molecular flexibility index (Phi) is 3.10. The standard InChI is InChI=1S/C12H16N4/c1-10-2-3-12(11(13)8-10)15-5-7-16-6-4-14-9-16/h2-4,6,8-9,15H,5,7,13H2,1H3. The SMILES string of the molecule is Cc1ccc(NCCn2ccnc2)c(N)c1. The van der Waals surface area contributed by atoms with Gasteiger partial charge < -0.3 is 15.6 Å². The molecule has 1 aromatic carbocycles. The molecule has 4 heteroatoms. The number of benzene rings is 1. The second-order valence-corrected chi connectivity index (χ2v) is 3.82. The number of aromatic nitrogens is 2. The van der Waals surface area contributed by atoms with Gasteiger partial charge in [0.25, 0.3) is 0 Å². The predicted octanol–water partition coefficient (Wildman–Crippen LogP) is 1.89. The summed E-state index contributed by atoms with van der Waals surface area (Å²) in [6, 6.07) is 6.04. The summed E-state index contributed by atoms with van der Waals surface area (Å²) in [4.78, 5) is 3.99. The van der Waals surface area contributed by atoms with Crippen molar-refractivity contribution in [2.45, 2.75) is 13.5 Å². The van der Waals surface area contributed by atoms with Crippen LogP contribution in [0.5, 0.6) is 0 Å². The fourth-order valence-corrected chi connectivity index (χ4v) is 1.58. The van der Waals surface area contributed by atoms with Crippen LogP contribution in [-0.4, -0.2) is 16.1 Å². The summed E-state index contributed by atoms with van der Waals surface area (Å²) in [5.41, 5.74) is 8.87. The van der Waals surface area contributed by atoms with Crippen LogP contribution in [-0.2, 0) is 6.54 Å². The highest BCUT2D eigenvalue weighted by atomic mass is 15.0. The molecule has 16 heavy (non-hydrogen) atoms. The first-order valence-corrected chi connectivity index (χ1v) is 5.31. The highest BCUT2D eigenvalue weighted by Gasteiger charge is 1.98. The van der Waals surface area contributed by atoms with Crippen molar-refractivity contribution >= 4 is 11.4 Å². The van der Waals surface area contributed by atoms with Gasteiger partial charge >= 0.3 is 0 Å². The van der Waals surface area contributed by atoms with E-state index in [2.05, 4.69) is 16.4 Å². The molecular weight excluding hydrogens is 200 g/mol. The van der Waals surface area contributed by atoms with Gasteiger partial charge in [-0.3, -0.25) is 0 Å². The Morgan fingerprint density at radius 1 is 1.44 bits per heavy atom. The second kappa shape index (κ2) is 4.70. The van der Waals surface area contributed by atoms with Crippen molar-refractivity contribution in [3.8, 4) is 0 Å². The molecule has 0 bridgehead atoms. The molecule has 0 aliphatic heterocycles. The Bertz CT molecular complexity index is 448. The number of hydrogen-bond donors (Lipinski definition) is 2. The molecule has 0 unspecified atom stereocenters. The molecule has 84 valence electrons. The smallest absolute Gasteiger partial charge is 0.0946 e. The molecule has 0 aliphatic rings. The van der Waals surface area contributed by atoms with Crippen molar-refractivity contribution in [2.24, 2.45) is 0 Å². The van der Waals surface area contributed by atoms with Crippen molar-refractivity contribution in [1.29, 1.82) is 0 Å². The van der Waals surface area contributed by atoms with Gasteiger partial charge in [-0.05, 0) is 24.6 Å². The molecule has 3 N–H and O–H groups in total. The Morgan fingerprint density at radius 2 is 2.31 bits per heavy atom. The van der Waals surface area contributed by atoms with Gasteiger partial charge in [0.15, 0.2) is 0 Å². The number of anilines is 2. The molecule has 1 heterocycles. The second-order valence-electron chi connectivity index (χ2n) is 3.82. The Hall–Kier alpha value is -1.97. The van der Waals surface area contributed by atoms with E-state index in [0.717, 1.165) is 24.5 Å². The summed E-state index contributed by atoms with van der Waals surface area (Å²) >= 11 is 0. The summed E-state index contributed by atoms with van der Waals surface area (Å²) in [6.07, 6.45) is 5.53. The average Bonchev–Trinajstić information content (AvgIpc) is 2.74. The number of aryl methyl sites for hydroxylation is 1. The van der Waals surface area contributed by atoms with E-state index in [4.69, 9.17) is 5.73 Å². The number of nitrogens with one attached hydrogen (secondary N) is 1. The number of imidazole rings is 1. The lowest BCUT2D eigenvalue weighted by molar-refractivity contribution is 0.727. The van der Waals surface area contributed by atoms with Crippen LogP contribution >= 0.6 is 0 Å². The van der Waals surface area contributed by atoms with Gasteiger partial charge in [0.1, 0.15) is 0 Å². The lowest BCUT2D eigenvalue weighted by Crippen LogP contribution is -2.10. The van der Waals surface area contributed by atoms with Gasteiger partial charge in [-0.15, -0.1) is 0 Å². The van der Waals surface area contributed by atoms with Gasteiger partial charge in [0, 0.05) is 25.5 Å². The number of nitrogens with zero attached hydrogens (tertiary/aromatic N) is 2. The van der Waals surface area contributed by atoms with E-state index in [9.17, 15) is 0 Å². The van der Waals surface area contributed by atoms with Crippen molar-refractivity contribution in [3.63, 3.8) is 0 Å². The maximum Gasteiger partial charge on any atom is 0.0946 e. The van der Waals surface area contributed by atoms with Crippen LogP contribution in [0.25, 0.3) is 0 Å². The third-order valence-corrected chi connectivity index (χ3v) is 2.45. The van der Waals surface area contributed by atoms with Gasteiger partial charge in [-0.1, -0.05) is 6.07 Å². The van der Waals surface area contributed by atoms with Crippen LogP contribution in [0.15, 0.2) is 36.9 Å². The minimum Gasteiger partial charge on any atom is -0.397 e. The Morgan fingerprint density at radius 3 is 3.00 bits per heavy atom. The third-order valence-electron chi connectivity index (χ3n) is 2.45. The molecule has 0 spiro atoms. The molecule has 4 nitrogen and oxygen atoms in total. The van der Waals surface area contributed by atoms with Crippen LogP contribution in [0.3, 0.4) is 0 Å². The van der Waals surface area contributed by atoms with Gasteiger partial charge in [0.2, 0.25) is 0 Å². The fourth-order valence-electron chi connectivity index (χ4n) is 1.58. The van der Waals surface area contributed by atoms with E-state index in [1.54, 1.807) is 12.5 Å². The van der Waals surface area contributed by atoms with Crippen molar-refractivity contribution in [2.75, 3.05) is 17.6 Å². The van der Waals surface area contributed by atoms with Crippen LogP contribution in [0, 0.1) is 6.92 Å². The summed E-state index contributed by atoms with van der Waals surface area (Å²) < 4.78 is 2.03. The lowest BCUT2D eigenvalue weighted by Gasteiger charge is -2.10. The molecule has 1 aromatic heterocycles. The monoisotopic (exact) mass is 216 g/mol. The van der Waals surface area contributed by atoms with Crippen molar-refractivity contribution in [1.82, 2.24) is 9.55 Å². The van der Waals surface area contributed by atoms with E-state index in [0.29, 0.717) is 0 Å². The normalized spacial score (nSPS) is 10.3. The molecular formula is C12H16N4. The van der Waals surface area contributed by atoms with E-state index >= 15 is 0 Å². The zero-order valence-corrected chi connectivity index (χ0v) is 9.35. The van der Waals surface area contributed by atoms with Gasteiger partial charge in [-0.25, -0.2) is 4.98 Å². The minimum absolute atomic E-state index is 0.797. The number of hydrogen-bond acceptors (Lipinski definition) is 3. The molecule has 0 saturated carbocycles. The highest BCUT2D eigenvalue weighted by Crippen LogP contribution is 2.18. The lowest BCUT2D eigenvalue weighted by atomic mass is 10.2. The van der Waals surface area contributed by atoms with Gasteiger partial charge in [0.05, 0.1) is 17.7 Å². The van der Waals surface area contributed by atoms with Crippen molar-refractivity contribution in [3.05, 3.63) is 42.5 Å². The molecule has 0 atom stereocenters. The van der Waals surface area contributed by atoms with E-state index < -0.39 is 0 Å². The van der Waals surface area contributed by atoms with Crippen LogP contribution < -0.4 is 11.1 Å². The molecule has 0 amide bonds. The minimum atomic E-state index is 0.797. The molecule has 0 saturated heterocycles. The van der Waals surface area contributed by atoms with Crippen LogP contribution in [0.1, 0.15) is 5.56 Å². The van der Waals surface area contributed by atoms with Crippen molar-refractivity contribution < 1.29 is 0 Å². The Balaban J connectivity index is 1.90. The van der Waals surface area contributed by atoms with E-state index in [-0.39, 0.29) is 0 Å². The first-order chi connectivity index (χ1) is 7.75. The fraction of sp³-hybridized carbons (Fsp3) is 0.250. The molecule has 0 fully saturated rings. The largest absolute Gasteiger partial charge is 0.397 e. The maximum atomic E-state index is 5.90. The highest BCUT2D eigenvalue weighted by molar-refractivity contribution is 5.66.